The van der Waals surface area contributed by atoms with Gasteiger partial charge in [-0.15, -0.1) is 0 Å². The Labute approximate surface area is 329 Å². The number of hydrogen-bond acceptors (Lipinski definition) is 4. The molecule has 2 heterocycles. The van der Waals surface area contributed by atoms with Crippen LogP contribution in [-0.2, 0) is 9.47 Å². The van der Waals surface area contributed by atoms with Crippen molar-refractivity contribution in [3.8, 4) is 11.1 Å². The minimum absolute atomic E-state index is 0.0394. The summed E-state index contributed by atoms with van der Waals surface area (Å²) in [5.74, 6) is 1.27. The van der Waals surface area contributed by atoms with Crippen LogP contribution in [0.2, 0.25) is 0 Å². The Hall–Kier alpha value is -4.52. The van der Waals surface area contributed by atoms with Crippen LogP contribution < -0.4 is 0 Å². The topological polar surface area (TPSA) is 43.2 Å². The van der Waals surface area contributed by atoms with Gasteiger partial charge >= 0.3 is 0 Å². The van der Waals surface area contributed by atoms with E-state index in [1.54, 1.807) is 0 Å². The zero-order valence-electron chi connectivity index (χ0n) is 30.3. The smallest absolute Gasteiger partial charge is 0.194 e. The second kappa shape index (κ2) is 15.1. The van der Waals surface area contributed by atoms with Gasteiger partial charge in [-0.2, -0.15) is 0 Å². The van der Waals surface area contributed by atoms with Crippen molar-refractivity contribution in [2.45, 2.75) is 68.1 Å². The summed E-state index contributed by atoms with van der Waals surface area (Å²) in [6, 6.07) is 42.8. The first-order valence-corrected chi connectivity index (χ1v) is 20.1. The first-order valence-electron chi connectivity index (χ1n) is 18.2. The molecule has 0 saturated heterocycles. The summed E-state index contributed by atoms with van der Waals surface area (Å²) in [6.07, 6.45) is 4.38. The molecule has 6 atom stereocenters. The van der Waals surface area contributed by atoms with Crippen LogP contribution in [0.4, 0.5) is 0 Å². The van der Waals surface area contributed by atoms with E-state index in [4.69, 9.17) is 19.5 Å². The summed E-state index contributed by atoms with van der Waals surface area (Å²) in [6.45, 7) is 8.45. The number of alkyl halides is 2. The molecule has 4 nitrogen and oxygen atoms in total. The number of allylic oxidation sites excluding steroid dienone is 3. The van der Waals surface area contributed by atoms with Crippen LogP contribution in [0.3, 0.4) is 0 Å². The molecule has 0 amide bonds. The second-order valence-corrected chi connectivity index (χ2v) is 16.5. The van der Waals surface area contributed by atoms with Gasteiger partial charge in [-0.25, -0.2) is 9.98 Å². The van der Waals surface area contributed by atoms with Crippen LogP contribution in [0.5, 0.6) is 0 Å². The van der Waals surface area contributed by atoms with Gasteiger partial charge in [-0.1, -0.05) is 182 Å². The lowest BCUT2D eigenvalue weighted by Gasteiger charge is -2.29. The third kappa shape index (κ3) is 7.63. The maximum atomic E-state index is 6.83. The molecule has 0 aromatic heterocycles. The van der Waals surface area contributed by atoms with Gasteiger partial charge in [0.15, 0.2) is 24.0 Å². The average molecular weight is 827 g/mol. The van der Waals surface area contributed by atoms with E-state index in [0.29, 0.717) is 18.2 Å². The van der Waals surface area contributed by atoms with Crippen LogP contribution in [0.25, 0.3) is 16.7 Å². The maximum Gasteiger partial charge on any atom is 0.194 e. The van der Waals surface area contributed by atoms with Crippen molar-refractivity contribution in [1.82, 2.24) is 0 Å². The molecule has 4 unspecified atom stereocenters. The normalized spacial score (nSPS) is 23.7. The summed E-state index contributed by atoms with van der Waals surface area (Å²) in [7, 11) is 0. The van der Waals surface area contributed by atoms with E-state index < -0.39 is 0 Å². The van der Waals surface area contributed by atoms with Crippen LogP contribution in [0.15, 0.2) is 149 Å². The van der Waals surface area contributed by atoms with Crippen molar-refractivity contribution in [2.75, 3.05) is 0 Å². The van der Waals surface area contributed by atoms with Crippen LogP contribution in [-0.4, -0.2) is 27.5 Å². The van der Waals surface area contributed by atoms with Crippen LogP contribution in [0, 0.1) is 27.7 Å². The minimum Gasteiger partial charge on any atom is -0.470 e. The Balaban J connectivity index is 1.14. The molecule has 6 heteroatoms. The Bertz CT molecular complexity index is 2240. The number of rotatable bonds is 8. The van der Waals surface area contributed by atoms with E-state index in [-0.39, 0.29) is 33.9 Å². The Morgan fingerprint density at radius 2 is 1.02 bits per heavy atom. The lowest BCUT2D eigenvalue weighted by molar-refractivity contribution is 0.186. The molecule has 53 heavy (non-hydrogen) atoms. The van der Waals surface area contributed by atoms with E-state index in [1.807, 2.05) is 0 Å². The molecule has 266 valence electrons. The van der Waals surface area contributed by atoms with Crippen molar-refractivity contribution in [2.24, 2.45) is 9.98 Å². The summed E-state index contributed by atoms with van der Waals surface area (Å²) in [5, 5.41) is 0. The third-order valence-electron chi connectivity index (χ3n) is 10.4. The molecule has 3 aliphatic rings. The van der Waals surface area contributed by atoms with E-state index >= 15 is 0 Å². The van der Waals surface area contributed by atoms with Crippen molar-refractivity contribution in [3.63, 3.8) is 0 Å². The molecule has 0 bridgehead atoms. The molecular weight excluding hydrogens is 784 g/mol. The predicted octanol–water partition coefficient (Wildman–Crippen LogP) is 12.3. The Morgan fingerprint density at radius 1 is 0.528 bits per heavy atom. The number of aryl methyl sites for hydroxylation is 4. The molecule has 2 aliphatic heterocycles. The number of halogens is 2. The van der Waals surface area contributed by atoms with Crippen molar-refractivity contribution < 1.29 is 9.47 Å². The quantitative estimate of drug-likeness (QED) is 0.146. The van der Waals surface area contributed by atoms with Crippen LogP contribution in [0.1, 0.15) is 69.2 Å². The molecule has 0 N–H and O–H groups in total. The standard InChI is InChI=1S/C47H42Br2N2O2/c1-28-8-16-32(17-9-28)36-6-5-7-37(24-36)44-46(34-20-12-30(3)13-21-34)52-41(50-44)27-42-51-45(47(53-42)35-22-14-31(4)15-23-35)39-25-38(26-40(48)43(39)49)33-18-10-29(2)11-19-33/h5-26,40,43-47H,27H2,1-4H3/t40?,43?,44-,45-,46?,47?/m1/s1. The van der Waals surface area contributed by atoms with Gasteiger partial charge in [0, 0.05) is 4.83 Å². The highest BCUT2D eigenvalue weighted by Gasteiger charge is 2.41. The fourth-order valence-electron chi connectivity index (χ4n) is 7.31. The maximum absolute atomic E-state index is 6.83. The molecule has 8 rings (SSSR count). The number of benzene rings is 5. The van der Waals surface area contributed by atoms with Crippen LogP contribution >= 0.6 is 31.9 Å². The van der Waals surface area contributed by atoms with Gasteiger partial charge in [-0.3, -0.25) is 0 Å². The molecule has 0 radical (unpaired) electrons. The lowest BCUT2D eigenvalue weighted by atomic mass is 9.87. The second-order valence-electron chi connectivity index (χ2n) is 14.5. The minimum atomic E-state index is -0.286. The van der Waals surface area contributed by atoms with E-state index in [2.05, 4.69) is 193 Å². The average Bonchev–Trinajstić information content (AvgIpc) is 3.79. The zero-order chi connectivity index (χ0) is 36.6. The Morgan fingerprint density at radius 3 is 1.58 bits per heavy atom. The van der Waals surface area contributed by atoms with Crippen molar-refractivity contribution in [1.29, 1.82) is 0 Å². The van der Waals surface area contributed by atoms with Gasteiger partial charge in [0.1, 0.15) is 12.1 Å². The molecule has 0 spiro atoms. The lowest BCUT2D eigenvalue weighted by Crippen LogP contribution is -2.28. The van der Waals surface area contributed by atoms with Gasteiger partial charge in [0.2, 0.25) is 0 Å². The molecule has 0 fully saturated rings. The molecule has 0 saturated carbocycles. The molecule has 5 aromatic rings. The first kappa shape index (κ1) is 35.5. The van der Waals surface area contributed by atoms with Gasteiger partial charge in [-0.05, 0) is 78.3 Å². The largest absolute Gasteiger partial charge is 0.470 e. The van der Waals surface area contributed by atoms with Gasteiger partial charge in [0.05, 0.1) is 11.2 Å². The Kier molecular flexibility index (Phi) is 10.1. The summed E-state index contributed by atoms with van der Waals surface area (Å²) < 4.78 is 13.6. The number of aliphatic imine (C=N–C) groups is 2. The van der Waals surface area contributed by atoms with Gasteiger partial charge < -0.3 is 9.47 Å². The highest BCUT2D eigenvalue weighted by atomic mass is 79.9. The van der Waals surface area contributed by atoms with E-state index in [9.17, 15) is 0 Å². The highest BCUT2D eigenvalue weighted by Crippen LogP contribution is 2.45. The monoisotopic (exact) mass is 824 g/mol. The SMILES string of the molecule is Cc1ccc(C2=CC(Br)C(Br)C([C@H]3N=C(CC4=N[C@H](c5cccc(-c6ccc(C)cc6)c5)C(c5ccc(C)cc5)O4)OC3c3ccc(C)cc3)=C2)cc1. The van der Waals surface area contributed by atoms with Crippen molar-refractivity contribution >= 4 is 49.2 Å². The predicted molar refractivity (Wildman–Crippen MR) is 225 cm³/mol. The van der Waals surface area contributed by atoms with Crippen molar-refractivity contribution in [3.05, 3.63) is 184 Å². The highest BCUT2D eigenvalue weighted by molar-refractivity contribution is 9.12. The number of hydrogen-bond donors (Lipinski definition) is 0. The zero-order valence-corrected chi connectivity index (χ0v) is 33.5. The number of nitrogens with zero attached hydrogens (tertiary/aromatic N) is 2. The summed E-state index contributed by atoms with van der Waals surface area (Å²) >= 11 is 7.98. The van der Waals surface area contributed by atoms with Gasteiger partial charge in [0.25, 0.3) is 0 Å². The van der Waals surface area contributed by atoms with E-state index in [1.165, 1.54) is 44.5 Å². The molecule has 1 aliphatic carbocycles. The molecule has 5 aromatic carbocycles. The summed E-state index contributed by atoms with van der Waals surface area (Å²) in [4.78, 5) is 10.7. The summed E-state index contributed by atoms with van der Waals surface area (Å²) in [5.41, 5.74) is 14.1. The third-order valence-corrected chi connectivity index (χ3v) is 13.0. The van der Waals surface area contributed by atoms with E-state index in [0.717, 1.165) is 22.3 Å². The fourth-order valence-corrected chi connectivity index (χ4v) is 8.46. The number of ether oxygens (including phenoxy) is 2. The molecular formula is C47H42Br2N2O2. The fraction of sp³-hybridized carbons (Fsp3) is 0.234. The first-order chi connectivity index (χ1) is 25.7.